The Hall–Kier alpha value is -2.56. The highest BCUT2D eigenvalue weighted by molar-refractivity contribution is 6.03. The first-order valence-corrected chi connectivity index (χ1v) is 6.23. The fourth-order valence-corrected chi connectivity index (χ4v) is 1.96. The van der Waals surface area contributed by atoms with E-state index in [0.29, 0.717) is 5.69 Å². The molecule has 0 fully saturated rings. The molecule has 0 spiro atoms. The number of amides is 1. The predicted octanol–water partition coefficient (Wildman–Crippen LogP) is 2.44. The second kappa shape index (κ2) is 5.61. The molecule has 104 valence electrons. The minimum Gasteiger partial charge on any atom is -0.480 e. The largest absolute Gasteiger partial charge is 0.480 e. The standard InChI is InChI=1S/C15H16N2O3/c1-10-5-6-11(2)12(8-10)16-15(20)13-4-3-7-17(13)9-14(18)19/h3-8H,9H2,1-2H3,(H,16,20)(H,18,19). The van der Waals surface area contributed by atoms with Gasteiger partial charge in [-0.1, -0.05) is 12.1 Å². The van der Waals surface area contributed by atoms with Crippen LogP contribution in [0.4, 0.5) is 5.69 Å². The fourth-order valence-electron chi connectivity index (χ4n) is 1.96. The average Bonchev–Trinajstić information content (AvgIpc) is 2.81. The lowest BCUT2D eigenvalue weighted by atomic mass is 10.1. The van der Waals surface area contributed by atoms with E-state index in [1.54, 1.807) is 18.3 Å². The Bertz CT molecular complexity index is 659. The number of nitrogens with one attached hydrogen (secondary N) is 1. The molecule has 0 aliphatic carbocycles. The number of aliphatic carboxylic acids is 1. The van der Waals surface area contributed by atoms with Gasteiger partial charge in [-0.05, 0) is 43.2 Å². The molecule has 0 saturated carbocycles. The molecule has 2 aromatic rings. The molecule has 5 nitrogen and oxygen atoms in total. The topological polar surface area (TPSA) is 71.3 Å². The van der Waals surface area contributed by atoms with Crippen LogP contribution in [0.15, 0.2) is 36.5 Å². The maximum Gasteiger partial charge on any atom is 0.323 e. The van der Waals surface area contributed by atoms with Crippen LogP contribution in [0.1, 0.15) is 21.6 Å². The van der Waals surface area contributed by atoms with Gasteiger partial charge in [0.2, 0.25) is 0 Å². The van der Waals surface area contributed by atoms with Gasteiger partial charge in [0.25, 0.3) is 5.91 Å². The summed E-state index contributed by atoms with van der Waals surface area (Å²) < 4.78 is 1.41. The number of carbonyl (C=O) groups is 2. The Morgan fingerprint density at radius 2 is 2.00 bits per heavy atom. The molecule has 0 aliphatic heterocycles. The van der Waals surface area contributed by atoms with E-state index in [1.807, 2.05) is 32.0 Å². The third-order valence-electron chi connectivity index (χ3n) is 3.01. The van der Waals surface area contributed by atoms with E-state index in [2.05, 4.69) is 5.32 Å². The quantitative estimate of drug-likeness (QED) is 0.898. The van der Waals surface area contributed by atoms with Gasteiger partial charge in [0.15, 0.2) is 0 Å². The second-order valence-corrected chi connectivity index (χ2v) is 4.69. The first kappa shape index (κ1) is 13.9. The van der Waals surface area contributed by atoms with Gasteiger partial charge >= 0.3 is 5.97 Å². The van der Waals surface area contributed by atoms with E-state index in [9.17, 15) is 9.59 Å². The Morgan fingerprint density at radius 1 is 1.25 bits per heavy atom. The molecule has 20 heavy (non-hydrogen) atoms. The van der Waals surface area contributed by atoms with Crippen molar-refractivity contribution in [1.29, 1.82) is 0 Å². The monoisotopic (exact) mass is 272 g/mol. The maximum atomic E-state index is 12.2. The summed E-state index contributed by atoms with van der Waals surface area (Å²) in [4.78, 5) is 23.0. The van der Waals surface area contributed by atoms with Gasteiger partial charge < -0.3 is 15.0 Å². The normalized spacial score (nSPS) is 10.3. The van der Waals surface area contributed by atoms with Crippen LogP contribution < -0.4 is 5.32 Å². The van der Waals surface area contributed by atoms with Crippen molar-refractivity contribution in [3.63, 3.8) is 0 Å². The van der Waals surface area contributed by atoms with E-state index in [0.717, 1.165) is 16.8 Å². The van der Waals surface area contributed by atoms with E-state index in [-0.39, 0.29) is 12.5 Å². The van der Waals surface area contributed by atoms with Crippen LogP contribution >= 0.6 is 0 Å². The van der Waals surface area contributed by atoms with Crippen LogP contribution in [0, 0.1) is 13.8 Å². The van der Waals surface area contributed by atoms with Gasteiger partial charge in [0.1, 0.15) is 12.2 Å². The number of carboxylic acid groups (broad SMARTS) is 1. The number of benzene rings is 1. The Labute approximate surface area is 116 Å². The van der Waals surface area contributed by atoms with Crippen molar-refractivity contribution in [2.24, 2.45) is 0 Å². The highest BCUT2D eigenvalue weighted by Crippen LogP contribution is 2.17. The van der Waals surface area contributed by atoms with Crippen LogP contribution in [-0.4, -0.2) is 21.6 Å². The first-order chi connectivity index (χ1) is 9.47. The van der Waals surface area contributed by atoms with Gasteiger partial charge in [0.05, 0.1) is 0 Å². The zero-order chi connectivity index (χ0) is 14.7. The molecule has 1 amide bonds. The fraction of sp³-hybridized carbons (Fsp3) is 0.200. The van der Waals surface area contributed by atoms with Crippen LogP contribution in [0.2, 0.25) is 0 Å². The molecule has 1 aromatic carbocycles. The Kier molecular flexibility index (Phi) is 3.89. The van der Waals surface area contributed by atoms with E-state index in [1.165, 1.54) is 4.57 Å². The number of hydrogen-bond donors (Lipinski definition) is 2. The molecule has 2 rings (SSSR count). The first-order valence-electron chi connectivity index (χ1n) is 6.23. The predicted molar refractivity (Wildman–Crippen MR) is 75.9 cm³/mol. The number of nitrogens with zero attached hydrogens (tertiary/aromatic N) is 1. The molecular weight excluding hydrogens is 256 g/mol. The molecule has 5 heteroatoms. The molecule has 1 aromatic heterocycles. The summed E-state index contributed by atoms with van der Waals surface area (Å²) in [5, 5.41) is 11.6. The SMILES string of the molecule is Cc1ccc(C)c(NC(=O)c2cccn2CC(=O)O)c1. The second-order valence-electron chi connectivity index (χ2n) is 4.69. The molecule has 0 saturated heterocycles. The molecule has 0 atom stereocenters. The van der Waals surface area contributed by atoms with Crippen molar-refractivity contribution < 1.29 is 14.7 Å². The lowest BCUT2D eigenvalue weighted by molar-refractivity contribution is -0.137. The number of carboxylic acids is 1. The van der Waals surface area contributed by atoms with Crippen LogP contribution in [0.5, 0.6) is 0 Å². The van der Waals surface area contributed by atoms with Gasteiger partial charge in [0, 0.05) is 11.9 Å². The highest BCUT2D eigenvalue weighted by atomic mass is 16.4. The third-order valence-corrected chi connectivity index (χ3v) is 3.01. The average molecular weight is 272 g/mol. The smallest absolute Gasteiger partial charge is 0.323 e. The molecule has 1 heterocycles. The number of aromatic nitrogens is 1. The summed E-state index contributed by atoms with van der Waals surface area (Å²) in [5.74, 6) is -1.30. The van der Waals surface area contributed by atoms with Crippen LogP contribution in [0.25, 0.3) is 0 Å². The molecular formula is C15H16N2O3. The van der Waals surface area contributed by atoms with Gasteiger partial charge in [-0.15, -0.1) is 0 Å². The minimum atomic E-state index is -0.984. The van der Waals surface area contributed by atoms with Crippen LogP contribution in [-0.2, 0) is 11.3 Å². The number of anilines is 1. The number of rotatable bonds is 4. The van der Waals surface area contributed by atoms with Crippen molar-refractivity contribution in [1.82, 2.24) is 4.57 Å². The van der Waals surface area contributed by atoms with Crippen LogP contribution in [0.3, 0.4) is 0 Å². The molecule has 2 N–H and O–H groups in total. The molecule has 0 aliphatic rings. The molecule has 0 radical (unpaired) electrons. The number of aryl methyl sites for hydroxylation is 2. The maximum absolute atomic E-state index is 12.2. The lowest BCUT2D eigenvalue weighted by Gasteiger charge is -2.10. The molecule has 0 unspecified atom stereocenters. The summed E-state index contributed by atoms with van der Waals surface area (Å²) in [6.45, 7) is 3.62. The molecule has 0 bridgehead atoms. The van der Waals surface area contributed by atoms with E-state index in [4.69, 9.17) is 5.11 Å². The van der Waals surface area contributed by atoms with E-state index < -0.39 is 5.97 Å². The minimum absolute atomic E-state index is 0.234. The van der Waals surface area contributed by atoms with E-state index >= 15 is 0 Å². The number of hydrogen-bond acceptors (Lipinski definition) is 2. The summed E-state index contributed by atoms with van der Waals surface area (Å²) >= 11 is 0. The van der Waals surface area contributed by atoms with Crippen molar-refractivity contribution in [2.75, 3.05) is 5.32 Å². The zero-order valence-corrected chi connectivity index (χ0v) is 11.4. The summed E-state index contributed by atoms with van der Waals surface area (Å²) in [6, 6.07) is 9.04. The van der Waals surface area contributed by atoms with Crippen molar-refractivity contribution in [2.45, 2.75) is 20.4 Å². The highest BCUT2D eigenvalue weighted by Gasteiger charge is 2.13. The third kappa shape index (κ3) is 3.06. The zero-order valence-electron chi connectivity index (χ0n) is 11.4. The van der Waals surface area contributed by atoms with Gasteiger partial charge in [-0.3, -0.25) is 9.59 Å². The van der Waals surface area contributed by atoms with Crippen molar-refractivity contribution in [3.8, 4) is 0 Å². The summed E-state index contributed by atoms with van der Waals surface area (Å²) in [5.41, 5.74) is 3.07. The van der Waals surface area contributed by atoms with Crippen molar-refractivity contribution in [3.05, 3.63) is 53.3 Å². The van der Waals surface area contributed by atoms with Crippen molar-refractivity contribution >= 4 is 17.6 Å². The Morgan fingerprint density at radius 3 is 2.70 bits per heavy atom. The number of carbonyl (C=O) groups excluding carboxylic acids is 1. The van der Waals surface area contributed by atoms with Gasteiger partial charge in [-0.2, -0.15) is 0 Å². The summed E-state index contributed by atoms with van der Waals surface area (Å²) in [7, 11) is 0. The lowest BCUT2D eigenvalue weighted by Crippen LogP contribution is -2.19. The summed E-state index contributed by atoms with van der Waals surface area (Å²) in [6.07, 6.45) is 1.58. The Balaban J connectivity index is 2.22. The van der Waals surface area contributed by atoms with Gasteiger partial charge in [-0.25, -0.2) is 0 Å².